The summed E-state index contributed by atoms with van der Waals surface area (Å²) in [5, 5.41) is 11.2. The van der Waals surface area contributed by atoms with E-state index in [1.807, 2.05) is 18.2 Å². The molecule has 0 saturated heterocycles. The number of amides is 2. The second kappa shape index (κ2) is 20.7. The van der Waals surface area contributed by atoms with Gasteiger partial charge in [-0.1, -0.05) is 54.6 Å². The van der Waals surface area contributed by atoms with E-state index in [9.17, 15) is 19.2 Å². The van der Waals surface area contributed by atoms with Crippen LogP contribution in [0.4, 0.5) is 0 Å². The Hall–Kier alpha value is -3.37. The number of hydrogen-bond donors (Lipinski definition) is 4. The number of carbonyl (C=O) groups excluding carboxylic acids is 4. The van der Waals surface area contributed by atoms with Crippen LogP contribution in [0.5, 0.6) is 0 Å². The van der Waals surface area contributed by atoms with E-state index in [0.29, 0.717) is 0 Å². The Morgan fingerprint density at radius 1 is 0.826 bits per heavy atom. The minimum Gasteiger partial charge on any atom is -1.00 e. The summed E-state index contributed by atoms with van der Waals surface area (Å²) in [6.45, 7) is 3.44. The number of nitrogens with two attached hydrogens (primary N) is 1. The topological polar surface area (TPSA) is 137 Å². The molecule has 0 heterocycles. The highest BCUT2D eigenvalue weighted by Crippen LogP contribution is 2.54. The van der Waals surface area contributed by atoms with Gasteiger partial charge in [-0.15, -0.1) is 0 Å². The maximum Gasteiger partial charge on any atom is 0.325 e. The van der Waals surface area contributed by atoms with Crippen molar-refractivity contribution >= 4 is 63.6 Å². The van der Waals surface area contributed by atoms with Crippen molar-refractivity contribution in [3.8, 4) is 0 Å². The first kappa shape index (κ1) is 38.8. The van der Waals surface area contributed by atoms with Crippen molar-refractivity contribution in [3.05, 3.63) is 91.0 Å². The Morgan fingerprint density at radius 3 is 1.80 bits per heavy atom. The number of benzene rings is 3. The third-order valence-corrected chi connectivity index (χ3v) is 12.6. The molecule has 46 heavy (non-hydrogen) atoms. The van der Waals surface area contributed by atoms with Crippen LogP contribution in [0.2, 0.25) is 0 Å². The van der Waals surface area contributed by atoms with Crippen molar-refractivity contribution in [3.63, 3.8) is 0 Å². The van der Waals surface area contributed by atoms with Gasteiger partial charge in [0.2, 0.25) is 11.8 Å². The molecule has 0 bridgehead atoms. The molecular weight excluding hydrogens is 689 g/mol. The van der Waals surface area contributed by atoms with Gasteiger partial charge in [0.05, 0.1) is 19.4 Å². The molecule has 2 unspecified atom stereocenters. The first-order valence-corrected chi connectivity index (χ1v) is 18.1. The van der Waals surface area contributed by atoms with Crippen molar-refractivity contribution < 1.29 is 45.6 Å². The fourth-order valence-corrected chi connectivity index (χ4v) is 10.4. The largest absolute Gasteiger partial charge is 1.00 e. The zero-order chi connectivity index (χ0) is 32.5. The van der Waals surface area contributed by atoms with Crippen molar-refractivity contribution in [1.82, 2.24) is 10.6 Å². The van der Waals surface area contributed by atoms with Gasteiger partial charge in [0.15, 0.2) is 0 Å². The van der Waals surface area contributed by atoms with Gasteiger partial charge in [0, 0.05) is 12.2 Å². The Kier molecular flexibility index (Phi) is 17.5. The maximum atomic E-state index is 13.1. The molecule has 12 heteroatoms. The van der Waals surface area contributed by atoms with Crippen LogP contribution in [0.25, 0.3) is 0 Å². The molecule has 3 aromatic rings. The molecule has 2 amide bonds. The molecule has 3 rings (SSSR count). The molecule has 0 aromatic heterocycles. The van der Waals surface area contributed by atoms with E-state index in [1.54, 1.807) is 13.8 Å². The Balaban J connectivity index is 0.00000736. The van der Waals surface area contributed by atoms with Crippen LogP contribution in [0.15, 0.2) is 91.0 Å². The molecule has 0 aliphatic rings. The number of thiol groups is 1. The second-order valence-electron chi connectivity index (χ2n) is 10.1. The molecule has 0 aliphatic heterocycles. The Morgan fingerprint density at radius 2 is 1.33 bits per heavy atom. The molecule has 248 valence electrons. The van der Waals surface area contributed by atoms with Gasteiger partial charge in [-0.3, -0.25) is 19.2 Å². The van der Waals surface area contributed by atoms with Crippen LogP contribution in [0, 0.1) is 0 Å². The number of ether oxygens (including phenoxy) is 2. The lowest BCUT2D eigenvalue weighted by Gasteiger charge is -2.26. The number of hydrogen-bond acceptors (Lipinski definition) is 7. The number of carbonyl (C=O) groups is 4. The lowest BCUT2D eigenvalue weighted by atomic mass is 10.1. The van der Waals surface area contributed by atoms with Gasteiger partial charge in [-0.25, -0.2) is 0 Å². The zero-order valence-electron chi connectivity index (χ0n) is 26.1. The third kappa shape index (κ3) is 11.5. The first-order valence-electron chi connectivity index (χ1n) is 15.0. The first-order chi connectivity index (χ1) is 21.8. The predicted octanol–water partition coefficient (Wildman–Crippen LogP) is -0.913. The highest BCUT2D eigenvalue weighted by molar-refractivity contribution is 8.01. The van der Waals surface area contributed by atoms with E-state index in [4.69, 9.17) is 15.2 Å². The van der Waals surface area contributed by atoms with E-state index < -0.39 is 43.1 Å². The van der Waals surface area contributed by atoms with Crippen LogP contribution >= 0.6 is 18.6 Å². The van der Waals surface area contributed by atoms with Crippen LogP contribution in [0.3, 0.4) is 0 Å². The molecule has 0 radical (unpaired) electrons. The molecule has 2 atom stereocenters. The van der Waals surface area contributed by atoms with Crippen LogP contribution in [-0.2, 0) is 28.7 Å². The van der Waals surface area contributed by atoms with Gasteiger partial charge in [0.25, 0.3) is 0 Å². The molecule has 3 aromatic carbocycles. The smallest absolute Gasteiger partial charge is 0.325 e. The normalized spacial score (nSPS) is 12.5. The monoisotopic (exact) mass is 731 g/mol. The summed E-state index contributed by atoms with van der Waals surface area (Å²) in [5.41, 5.74) is 5.85. The summed E-state index contributed by atoms with van der Waals surface area (Å²) < 4.78 is 9.83. The van der Waals surface area contributed by atoms with Gasteiger partial charge in [-0.2, -0.15) is 11.4 Å². The van der Waals surface area contributed by atoms with Crippen LogP contribution in [0.1, 0.15) is 26.7 Å². The van der Waals surface area contributed by atoms with E-state index in [-0.39, 0.29) is 55.3 Å². The maximum absolute atomic E-state index is 13.1. The standard InChI is InChI=1S/C34H42N3O6PS.BrH/c1-3-42-32(39)24-36-33(40)30(37-31(38)21-20-29(35)34(41)43-4-2)25-45-23-22-44(26-14-8-5-9-15-26,27-16-10-6-11-17-27)28-18-12-7-13-19-28;/h5-19,23,29-30,45H,3-4,20-22,24-25,35H2,1-2H3,(H-,36,37,38,40);1H. The molecule has 0 aliphatic carbocycles. The van der Waals surface area contributed by atoms with Crippen molar-refractivity contribution in [2.45, 2.75) is 38.8 Å². The quantitative estimate of drug-likeness (QED) is 0.0611. The van der Waals surface area contributed by atoms with Crippen molar-refractivity contribution in [2.75, 3.05) is 31.7 Å². The fourth-order valence-electron chi connectivity index (χ4n) is 4.78. The second-order valence-corrected chi connectivity index (χ2v) is 14.7. The third-order valence-electron chi connectivity index (χ3n) is 7.00. The summed E-state index contributed by atoms with van der Waals surface area (Å²) in [5.74, 6) is -1.79. The van der Waals surface area contributed by atoms with Gasteiger partial charge in [-0.05, 0) is 62.0 Å². The van der Waals surface area contributed by atoms with Gasteiger partial charge >= 0.3 is 11.9 Å². The number of nitrogens with one attached hydrogen (secondary N) is 2. The number of esters is 2. The minimum absolute atomic E-state index is 0. The molecule has 0 saturated carbocycles. The molecule has 4 N–H and O–H groups in total. The van der Waals surface area contributed by atoms with E-state index >= 15 is 0 Å². The summed E-state index contributed by atoms with van der Waals surface area (Å²) in [4.78, 5) is 49.7. The summed E-state index contributed by atoms with van der Waals surface area (Å²) in [6, 6.07) is 29.6. The predicted molar refractivity (Wildman–Crippen MR) is 185 cm³/mol. The average Bonchev–Trinajstić information content (AvgIpc) is 3.07. The zero-order valence-corrected chi connectivity index (χ0v) is 29.5. The lowest BCUT2D eigenvalue weighted by Crippen LogP contribution is -3.00. The van der Waals surface area contributed by atoms with E-state index in [0.717, 1.165) is 17.5 Å². The SMILES string of the molecule is CCOC(=O)CNC(=O)C(C[SH]=CC[P+](c1ccccc1)(c1ccccc1)c1ccccc1)NC(=O)CCC(N)C(=O)OCC.[Br-]. The molecule has 0 spiro atoms. The number of halogens is 1. The van der Waals surface area contributed by atoms with Crippen molar-refractivity contribution in [2.24, 2.45) is 5.73 Å². The van der Waals surface area contributed by atoms with Gasteiger partial charge < -0.3 is 42.8 Å². The fraction of sp³-hybridized carbons (Fsp3) is 0.324. The molecule has 0 fully saturated rings. The number of rotatable bonds is 17. The molecule has 9 nitrogen and oxygen atoms in total. The summed E-state index contributed by atoms with van der Waals surface area (Å²) in [6.07, 6.45) is 0.739. The van der Waals surface area contributed by atoms with Gasteiger partial charge in [0.1, 0.15) is 41.8 Å². The molecular formula is C34H43BrN3O6PS. The van der Waals surface area contributed by atoms with E-state index in [2.05, 4.69) is 88.8 Å². The minimum atomic E-state index is -2.10. The summed E-state index contributed by atoms with van der Waals surface area (Å²) in [7, 11) is -2.10. The lowest BCUT2D eigenvalue weighted by molar-refractivity contribution is -0.145. The van der Waals surface area contributed by atoms with Crippen LogP contribution in [-0.4, -0.2) is 72.9 Å². The van der Waals surface area contributed by atoms with Crippen LogP contribution < -0.4 is 49.3 Å². The summed E-state index contributed by atoms with van der Waals surface area (Å²) >= 11 is 0.827. The highest BCUT2D eigenvalue weighted by atomic mass is 79.9. The average molecular weight is 733 g/mol. The Bertz CT molecular complexity index is 1320. The van der Waals surface area contributed by atoms with Crippen molar-refractivity contribution in [1.29, 1.82) is 0 Å². The highest BCUT2D eigenvalue weighted by Gasteiger charge is 2.44. The van der Waals surface area contributed by atoms with E-state index in [1.165, 1.54) is 15.9 Å². The Labute approximate surface area is 286 Å².